The van der Waals surface area contributed by atoms with Crippen LogP contribution in [0.1, 0.15) is 44.6 Å². The molecule has 0 aromatic heterocycles. The Morgan fingerprint density at radius 1 is 1.09 bits per heavy atom. The SMILES string of the molecule is CCCCCN(CC(=O)NO)S(=O)(=O)N1CCCC1C(=O)N1CCN(Cc2ccccc2)CC1. The van der Waals surface area contributed by atoms with Crippen LogP contribution < -0.4 is 5.48 Å². The molecule has 0 radical (unpaired) electrons. The van der Waals surface area contributed by atoms with Crippen molar-refractivity contribution >= 4 is 22.0 Å². The summed E-state index contributed by atoms with van der Waals surface area (Å²) in [5, 5.41) is 8.91. The number of carbonyl (C=O) groups is 2. The van der Waals surface area contributed by atoms with Gasteiger partial charge in [-0.15, -0.1) is 0 Å². The standard InChI is InChI=1S/C23H37N5O5S/c1-2-3-7-12-27(19-22(29)24-31)34(32,33)28-13-8-11-21(28)23(30)26-16-14-25(15-17-26)18-20-9-5-4-6-10-20/h4-6,9-10,21,31H,2-3,7-8,11-19H2,1H3,(H,24,29). The van der Waals surface area contributed by atoms with Crippen LogP contribution >= 0.6 is 0 Å². The minimum Gasteiger partial charge on any atom is -0.339 e. The molecule has 190 valence electrons. The van der Waals surface area contributed by atoms with E-state index >= 15 is 0 Å². The third kappa shape index (κ3) is 6.76. The topological polar surface area (TPSA) is 114 Å². The van der Waals surface area contributed by atoms with Gasteiger partial charge in [0.05, 0.1) is 6.54 Å². The summed E-state index contributed by atoms with van der Waals surface area (Å²) in [5.74, 6) is -0.961. The number of hydrogen-bond donors (Lipinski definition) is 2. The minimum absolute atomic E-state index is 0.166. The molecule has 10 nitrogen and oxygen atoms in total. The third-order valence-electron chi connectivity index (χ3n) is 6.50. The van der Waals surface area contributed by atoms with E-state index in [9.17, 15) is 18.0 Å². The fourth-order valence-corrected chi connectivity index (χ4v) is 6.41. The van der Waals surface area contributed by atoms with Crippen molar-refractivity contribution in [1.82, 2.24) is 23.9 Å². The van der Waals surface area contributed by atoms with E-state index in [4.69, 9.17) is 5.21 Å². The first-order chi connectivity index (χ1) is 16.4. The summed E-state index contributed by atoms with van der Waals surface area (Å²) >= 11 is 0. The van der Waals surface area contributed by atoms with Crippen molar-refractivity contribution in [2.45, 2.75) is 51.6 Å². The van der Waals surface area contributed by atoms with Crippen LogP contribution in [-0.2, 0) is 26.3 Å². The van der Waals surface area contributed by atoms with E-state index in [2.05, 4.69) is 17.0 Å². The minimum atomic E-state index is -4.03. The summed E-state index contributed by atoms with van der Waals surface area (Å²) in [6.07, 6.45) is 3.39. The highest BCUT2D eigenvalue weighted by atomic mass is 32.2. The lowest BCUT2D eigenvalue weighted by atomic mass is 10.1. The summed E-state index contributed by atoms with van der Waals surface area (Å²) in [5.41, 5.74) is 2.74. The summed E-state index contributed by atoms with van der Waals surface area (Å²) in [7, 11) is -4.03. The van der Waals surface area contributed by atoms with Crippen molar-refractivity contribution < 1.29 is 23.2 Å². The molecule has 0 spiro atoms. The second kappa shape index (κ2) is 12.6. The van der Waals surface area contributed by atoms with Gasteiger partial charge < -0.3 is 4.90 Å². The number of hydroxylamine groups is 1. The molecule has 2 fully saturated rings. The van der Waals surface area contributed by atoms with Crippen molar-refractivity contribution in [3.8, 4) is 0 Å². The van der Waals surface area contributed by atoms with E-state index in [1.165, 1.54) is 15.3 Å². The van der Waals surface area contributed by atoms with Crippen molar-refractivity contribution in [2.24, 2.45) is 0 Å². The molecule has 2 N–H and O–H groups in total. The number of hydrogen-bond acceptors (Lipinski definition) is 6. The Labute approximate surface area is 202 Å². The number of rotatable bonds is 11. The van der Waals surface area contributed by atoms with E-state index in [-0.39, 0.29) is 19.0 Å². The average Bonchev–Trinajstić information content (AvgIpc) is 3.35. The maximum absolute atomic E-state index is 13.4. The first kappa shape index (κ1) is 26.6. The lowest BCUT2D eigenvalue weighted by molar-refractivity contribution is -0.136. The molecular formula is C23H37N5O5S. The van der Waals surface area contributed by atoms with Gasteiger partial charge in [0.2, 0.25) is 5.91 Å². The maximum Gasteiger partial charge on any atom is 0.283 e. The van der Waals surface area contributed by atoms with Gasteiger partial charge in [0.25, 0.3) is 16.1 Å². The molecule has 11 heteroatoms. The van der Waals surface area contributed by atoms with Crippen molar-refractivity contribution in [1.29, 1.82) is 0 Å². The molecule has 34 heavy (non-hydrogen) atoms. The van der Waals surface area contributed by atoms with E-state index in [0.29, 0.717) is 32.4 Å². The number of nitrogens with one attached hydrogen (secondary N) is 1. The number of piperazine rings is 1. The Kier molecular flexibility index (Phi) is 9.84. The third-order valence-corrected chi connectivity index (χ3v) is 8.49. The molecule has 2 aliphatic rings. The first-order valence-corrected chi connectivity index (χ1v) is 13.5. The highest BCUT2D eigenvalue weighted by molar-refractivity contribution is 7.86. The lowest BCUT2D eigenvalue weighted by Crippen LogP contribution is -2.56. The molecule has 0 aliphatic carbocycles. The smallest absolute Gasteiger partial charge is 0.283 e. The Morgan fingerprint density at radius 2 is 1.79 bits per heavy atom. The number of unbranched alkanes of at least 4 members (excludes halogenated alkanes) is 2. The van der Waals surface area contributed by atoms with Crippen LogP contribution in [0.3, 0.4) is 0 Å². The summed E-state index contributed by atoms with van der Waals surface area (Å²) in [6.45, 7) is 5.36. The van der Waals surface area contributed by atoms with Gasteiger partial charge in [-0.05, 0) is 24.8 Å². The van der Waals surface area contributed by atoms with Crippen LogP contribution in [0.5, 0.6) is 0 Å². The molecule has 1 aromatic rings. The largest absolute Gasteiger partial charge is 0.339 e. The summed E-state index contributed by atoms with van der Waals surface area (Å²) in [4.78, 5) is 29.2. The van der Waals surface area contributed by atoms with Crippen molar-refractivity contribution in [3.63, 3.8) is 0 Å². The zero-order valence-electron chi connectivity index (χ0n) is 19.9. The van der Waals surface area contributed by atoms with Crippen LogP contribution in [0.25, 0.3) is 0 Å². The number of nitrogens with zero attached hydrogens (tertiary/aromatic N) is 4. The normalized spacial score (nSPS) is 20.1. The van der Waals surface area contributed by atoms with Crippen molar-refractivity contribution in [2.75, 3.05) is 45.8 Å². The number of amides is 2. The van der Waals surface area contributed by atoms with Gasteiger partial charge in [0, 0.05) is 45.8 Å². The van der Waals surface area contributed by atoms with Gasteiger partial charge in [-0.1, -0.05) is 50.1 Å². The number of carbonyl (C=O) groups excluding carboxylic acids is 2. The molecular weight excluding hydrogens is 458 g/mol. The van der Waals surface area contributed by atoms with Crippen LogP contribution in [0.15, 0.2) is 30.3 Å². The Bertz CT molecular complexity index is 906. The lowest BCUT2D eigenvalue weighted by Gasteiger charge is -2.37. The Morgan fingerprint density at radius 3 is 2.44 bits per heavy atom. The summed E-state index contributed by atoms with van der Waals surface area (Å²) < 4.78 is 29.2. The predicted octanol–water partition coefficient (Wildman–Crippen LogP) is 1.04. The molecule has 1 aromatic carbocycles. The second-order valence-electron chi connectivity index (χ2n) is 8.94. The molecule has 1 unspecified atom stereocenters. The molecule has 1 atom stereocenters. The van der Waals surface area contributed by atoms with Gasteiger partial charge >= 0.3 is 0 Å². The Balaban J connectivity index is 1.63. The zero-order valence-corrected chi connectivity index (χ0v) is 20.8. The van der Waals surface area contributed by atoms with Gasteiger partial charge in [-0.2, -0.15) is 17.0 Å². The molecule has 3 rings (SSSR count). The zero-order chi connectivity index (χ0) is 24.6. The predicted molar refractivity (Wildman–Crippen MR) is 128 cm³/mol. The highest BCUT2D eigenvalue weighted by Gasteiger charge is 2.43. The first-order valence-electron chi connectivity index (χ1n) is 12.1. The fourth-order valence-electron chi connectivity index (χ4n) is 4.60. The monoisotopic (exact) mass is 495 g/mol. The van der Waals surface area contributed by atoms with Gasteiger partial charge in [-0.25, -0.2) is 5.48 Å². The molecule has 0 bridgehead atoms. The van der Waals surface area contributed by atoms with E-state index in [1.54, 1.807) is 4.90 Å². The quantitative estimate of drug-likeness (QED) is 0.269. The van der Waals surface area contributed by atoms with E-state index in [1.807, 2.05) is 25.1 Å². The van der Waals surface area contributed by atoms with Crippen LogP contribution in [0.4, 0.5) is 0 Å². The van der Waals surface area contributed by atoms with Crippen molar-refractivity contribution in [3.05, 3.63) is 35.9 Å². The van der Waals surface area contributed by atoms with Gasteiger partial charge in [0.1, 0.15) is 6.04 Å². The molecule has 2 heterocycles. The molecule has 2 amide bonds. The van der Waals surface area contributed by atoms with Crippen LogP contribution in [0, 0.1) is 0 Å². The van der Waals surface area contributed by atoms with Gasteiger partial charge in [0.15, 0.2) is 0 Å². The molecule has 2 saturated heterocycles. The number of benzene rings is 1. The van der Waals surface area contributed by atoms with Crippen LogP contribution in [0.2, 0.25) is 0 Å². The van der Waals surface area contributed by atoms with Gasteiger partial charge in [-0.3, -0.25) is 19.7 Å². The van der Waals surface area contributed by atoms with E-state index in [0.717, 1.165) is 36.8 Å². The maximum atomic E-state index is 13.4. The second-order valence-corrected chi connectivity index (χ2v) is 10.8. The van der Waals surface area contributed by atoms with E-state index < -0.39 is 28.7 Å². The average molecular weight is 496 g/mol. The molecule has 0 saturated carbocycles. The Hall–Kier alpha value is -2.05. The van der Waals surface area contributed by atoms with Crippen LogP contribution in [-0.4, -0.2) is 95.7 Å². The summed E-state index contributed by atoms with van der Waals surface area (Å²) in [6, 6.07) is 9.43. The highest BCUT2D eigenvalue weighted by Crippen LogP contribution is 2.26. The molecule has 2 aliphatic heterocycles. The fraction of sp³-hybridized carbons (Fsp3) is 0.652.